The largest absolute Gasteiger partial charge is 0.451 e. The number of carbonyl (C=O) groups is 2. The summed E-state index contributed by atoms with van der Waals surface area (Å²) >= 11 is 0. The average Bonchev–Trinajstić information content (AvgIpc) is 3.37. The van der Waals surface area contributed by atoms with Crippen LogP contribution in [0.15, 0.2) is 66.9 Å². The first-order valence-corrected chi connectivity index (χ1v) is 11.7. The van der Waals surface area contributed by atoms with E-state index in [0.29, 0.717) is 37.1 Å². The lowest BCUT2D eigenvalue weighted by atomic mass is 9.96. The van der Waals surface area contributed by atoms with Gasteiger partial charge in [0.15, 0.2) is 23.1 Å². The molecular formula is C27H24F2N4O3. The van der Waals surface area contributed by atoms with Crippen LogP contribution in [0, 0.1) is 17.6 Å². The Hall–Kier alpha value is -4.27. The summed E-state index contributed by atoms with van der Waals surface area (Å²) in [5, 5.41) is 10.5. The van der Waals surface area contributed by atoms with Crippen molar-refractivity contribution in [3.8, 4) is 11.5 Å². The second kappa shape index (κ2) is 10.2. The van der Waals surface area contributed by atoms with Crippen molar-refractivity contribution in [2.45, 2.75) is 19.4 Å². The molecular weight excluding hydrogens is 466 g/mol. The Labute approximate surface area is 206 Å². The van der Waals surface area contributed by atoms with Crippen molar-refractivity contribution in [3.05, 3.63) is 89.6 Å². The Kier molecular flexibility index (Phi) is 6.62. The van der Waals surface area contributed by atoms with Crippen LogP contribution in [0.2, 0.25) is 0 Å². The Morgan fingerprint density at radius 1 is 1.06 bits per heavy atom. The number of piperidine rings is 1. The molecule has 2 N–H and O–H groups in total. The number of aromatic nitrogens is 2. The van der Waals surface area contributed by atoms with Crippen LogP contribution in [0.5, 0.6) is 11.5 Å². The Morgan fingerprint density at radius 2 is 1.89 bits per heavy atom. The molecule has 1 aliphatic heterocycles. The number of para-hydroxylation sites is 1. The van der Waals surface area contributed by atoms with E-state index in [-0.39, 0.29) is 35.8 Å². The summed E-state index contributed by atoms with van der Waals surface area (Å²) < 4.78 is 33.6. The van der Waals surface area contributed by atoms with Gasteiger partial charge in [0, 0.05) is 30.6 Å². The van der Waals surface area contributed by atoms with E-state index in [1.54, 1.807) is 35.4 Å². The number of nitrogens with zero attached hydrogens (tertiary/aromatic N) is 2. The van der Waals surface area contributed by atoms with E-state index in [1.807, 2.05) is 6.07 Å². The molecule has 1 saturated heterocycles. The van der Waals surface area contributed by atoms with Crippen LogP contribution in [0.1, 0.15) is 28.8 Å². The molecule has 36 heavy (non-hydrogen) atoms. The molecule has 7 nitrogen and oxygen atoms in total. The number of hydrogen-bond donors (Lipinski definition) is 2. The highest BCUT2D eigenvalue weighted by Gasteiger charge is 2.29. The number of fused-ring (bicyclic) bond motifs is 1. The number of ether oxygens (including phenoxy) is 1. The number of hydrogen-bond acceptors (Lipinski definition) is 4. The number of halogens is 2. The number of benzene rings is 3. The Balaban J connectivity index is 1.18. The highest BCUT2D eigenvalue weighted by Crippen LogP contribution is 2.27. The van der Waals surface area contributed by atoms with Gasteiger partial charge in [0.25, 0.3) is 5.91 Å². The number of amides is 2. The third kappa shape index (κ3) is 5.05. The van der Waals surface area contributed by atoms with E-state index < -0.39 is 11.6 Å². The lowest BCUT2D eigenvalue weighted by Crippen LogP contribution is -2.45. The third-order valence-electron chi connectivity index (χ3n) is 6.29. The molecule has 2 heterocycles. The van der Waals surface area contributed by atoms with Crippen LogP contribution in [-0.4, -0.2) is 40.0 Å². The Bertz CT molecular complexity index is 1420. The lowest BCUT2D eigenvalue weighted by molar-refractivity contribution is -0.126. The molecule has 184 valence electrons. The first-order valence-electron chi connectivity index (χ1n) is 11.7. The summed E-state index contributed by atoms with van der Waals surface area (Å²) in [4.78, 5) is 27.5. The average molecular weight is 491 g/mol. The fraction of sp³-hybridized carbons (Fsp3) is 0.222. The number of rotatable bonds is 6. The maximum Gasteiger partial charge on any atom is 0.253 e. The zero-order valence-corrected chi connectivity index (χ0v) is 19.3. The predicted octanol–water partition coefficient (Wildman–Crippen LogP) is 4.80. The number of H-pyrrole nitrogens is 1. The van der Waals surface area contributed by atoms with Crippen molar-refractivity contribution in [1.82, 2.24) is 20.4 Å². The van der Waals surface area contributed by atoms with Gasteiger partial charge in [-0.25, -0.2) is 8.78 Å². The number of likely N-dealkylation sites (tertiary alicyclic amines) is 1. The van der Waals surface area contributed by atoms with Crippen LogP contribution < -0.4 is 10.1 Å². The maximum atomic E-state index is 14.5. The molecule has 1 aromatic heterocycles. The minimum Gasteiger partial charge on any atom is -0.451 e. The first-order chi connectivity index (χ1) is 17.5. The molecule has 0 radical (unpaired) electrons. The second-order valence-corrected chi connectivity index (χ2v) is 8.78. The fourth-order valence-electron chi connectivity index (χ4n) is 4.35. The summed E-state index contributed by atoms with van der Waals surface area (Å²) in [7, 11) is 0. The summed E-state index contributed by atoms with van der Waals surface area (Å²) in [6.45, 7) is 1.02. The van der Waals surface area contributed by atoms with E-state index in [9.17, 15) is 18.4 Å². The topological polar surface area (TPSA) is 87.3 Å². The molecule has 0 aliphatic carbocycles. The molecule has 1 fully saturated rings. The van der Waals surface area contributed by atoms with Gasteiger partial charge in [-0.3, -0.25) is 14.7 Å². The molecule has 0 spiro atoms. The van der Waals surface area contributed by atoms with Gasteiger partial charge in [0.2, 0.25) is 5.91 Å². The summed E-state index contributed by atoms with van der Waals surface area (Å²) in [5.41, 5.74) is 1.95. The van der Waals surface area contributed by atoms with Crippen molar-refractivity contribution in [3.63, 3.8) is 0 Å². The molecule has 1 aliphatic rings. The maximum absolute atomic E-state index is 14.5. The van der Waals surface area contributed by atoms with E-state index in [0.717, 1.165) is 10.9 Å². The van der Waals surface area contributed by atoms with E-state index in [2.05, 4.69) is 15.5 Å². The normalized spacial score (nSPS) is 15.6. The highest BCUT2D eigenvalue weighted by atomic mass is 19.1. The molecule has 5 rings (SSSR count). The molecule has 4 aromatic rings. The molecule has 0 bridgehead atoms. The quantitative estimate of drug-likeness (QED) is 0.406. The molecule has 2 amide bonds. The monoisotopic (exact) mass is 490 g/mol. The predicted molar refractivity (Wildman–Crippen MR) is 129 cm³/mol. The molecule has 9 heteroatoms. The van der Waals surface area contributed by atoms with Crippen LogP contribution in [0.4, 0.5) is 8.78 Å². The van der Waals surface area contributed by atoms with Crippen molar-refractivity contribution in [2.24, 2.45) is 5.92 Å². The van der Waals surface area contributed by atoms with Gasteiger partial charge in [-0.1, -0.05) is 18.2 Å². The zero-order chi connectivity index (χ0) is 25.1. The minimum atomic E-state index is -0.658. The third-order valence-corrected chi connectivity index (χ3v) is 6.29. The van der Waals surface area contributed by atoms with Gasteiger partial charge in [-0.05, 0) is 60.9 Å². The van der Waals surface area contributed by atoms with Gasteiger partial charge in [0.05, 0.1) is 17.6 Å². The van der Waals surface area contributed by atoms with E-state index >= 15 is 0 Å². The van der Waals surface area contributed by atoms with Gasteiger partial charge >= 0.3 is 0 Å². The van der Waals surface area contributed by atoms with Crippen molar-refractivity contribution < 1.29 is 23.1 Å². The van der Waals surface area contributed by atoms with E-state index in [1.165, 1.54) is 30.3 Å². The molecule has 1 unspecified atom stereocenters. The number of nitrogens with one attached hydrogen (secondary N) is 2. The van der Waals surface area contributed by atoms with Gasteiger partial charge < -0.3 is 15.0 Å². The van der Waals surface area contributed by atoms with Crippen molar-refractivity contribution in [2.75, 3.05) is 13.1 Å². The number of carbonyl (C=O) groups excluding carboxylic acids is 2. The first kappa shape index (κ1) is 23.5. The molecule has 1 atom stereocenters. The second-order valence-electron chi connectivity index (χ2n) is 8.78. The van der Waals surface area contributed by atoms with Crippen molar-refractivity contribution >= 4 is 22.7 Å². The van der Waals surface area contributed by atoms with Gasteiger partial charge in [-0.2, -0.15) is 5.10 Å². The summed E-state index contributed by atoms with van der Waals surface area (Å²) in [6, 6.07) is 15.4. The molecule has 3 aromatic carbocycles. The highest BCUT2D eigenvalue weighted by molar-refractivity contribution is 5.98. The molecule has 0 saturated carbocycles. The van der Waals surface area contributed by atoms with Gasteiger partial charge in [-0.15, -0.1) is 0 Å². The summed E-state index contributed by atoms with van der Waals surface area (Å²) in [6.07, 6.45) is 3.05. The number of aromatic amines is 1. The van der Waals surface area contributed by atoms with Crippen LogP contribution in [0.3, 0.4) is 0 Å². The van der Waals surface area contributed by atoms with Crippen molar-refractivity contribution in [1.29, 1.82) is 0 Å². The van der Waals surface area contributed by atoms with E-state index in [4.69, 9.17) is 4.74 Å². The summed E-state index contributed by atoms with van der Waals surface area (Å²) in [5.74, 6) is -2.09. The SMILES string of the molecule is O=C(NCc1ccc(Oc2ccccc2F)c(F)c1)C1CCCN(C(=O)c2ccc3[nH]ncc3c2)C1. The van der Waals surface area contributed by atoms with Crippen LogP contribution >= 0.6 is 0 Å². The minimum absolute atomic E-state index is 0.0708. The van der Waals surface area contributed by atoms with Crippen LogP contribution in [0.25, 0.3) is 10.9 Å². The van der Waals surface area contributed by atoms with Crippen LogP contribution in [-0.2, 0) is 11.3 Å². The standard InChI is InChI=1S/C27H24F2N4O3/c28-21-5-1-2-6-24(21)36-25-10-7-17(12-22(25)29)14-30-26(34)19-4-3-11-33(16-19)27(35)18-8-9-23-20(13-18)15-31-32-23/h1-2,5-10,12-13,15,19H,3-4,11,14,16H2,(H,30,34)(H,31,32). The Morgan fingerprint density at radius 3 is 2.72 bits per heavy atom. The smallest absolute Gasteiger partial charge is 0.253 e. The lowest BCUT2D eigenvalue weighted by Gasteiger charge is -2.32. The fourth-order valence-corrected chi connectivity index (χ4v) is 4.35. The zero-order valence-electron chi connectivity index (χ0n) is 19.3. The van der Waals surface area contributed by atoms with Gasteiger partial charge in [0.1, 0.15) is 0 Å².